The highest BCUT2D eigenvalue weighted by atomic mass is 16.5. The largest absolute Gasteiger partial charge is 0.507 e. The first-order valence-electron chi connectivity index (χ1n) is 9.61. The van der Waals surface area contributed by atoms with Crippen molar-refractivity contribution >= 4 is 43.1 Å². The fraction of sp³-hybridized carbons (Fsp3) is 0.167. The average molecular weight is 434 g/mol. The van der Waals surface area contributed by atoms with Crippen LogP contribution in [0.1, 0.15) is 0 Å². The van der Waals surface area contributed by atoms with E-state index in [2.05, 4.69) is 0 Å². The van der Waals surface area contributed by atoms with Gasteiger partial charge in [0.15, 0.2) is 10.9 Å². The predicted octanol–water partition coefficient (Wildman–Crippen LogP) is 3.34. The van der Waals surface area contributed by atoms with Crippen molar-refractivity contribution in [2.75, 3.05) is 28.4 Å². The van der Waals surface area contributed by atoms with Gasteiger partial charge in [-0.15, -0.1) is 0 Å². The predicted molar refractivity (Wildman–Crippen MR) is 121 cm³/mol. The van der Waals surface area contributed by atoms with Gasteiger partial charge in [0.25, 0.3) is 0 Å². The minimum atomic E-state index is -0.446. The van der Waals surface area contributed by atoms with Gasteiger partial charge < -0.3 is 29.2 Å². The molecular formula is C24H18O8. The minimum Gasteiger partial charge on any atom is -0.507 e. The molecule has 0 aromatic heterocycles. The topological polar surface area (TPSA) is 112 Å². The summed E-state index contributed by atoms with van der Waals surface area (Å²) in [5.74, 6) is 0.452. The molecule has 8 heteroatoms. The Balaban J connectivity index is 2.38. The van der Waals surface area contributed by atoms with Gasteiger partial charge in [-0.05, 0) is 0 Å². The summed E-state index contributed by atoms with van der Waals surface area (Å²) in [4.78, 5) is 25.9. The second-order valence-electron chi connectivity index (χ2n) is 7.35. The molecule has 0 aliphatic rings. The molecule has 0 fully saturated rings. The van der Waals surface area contributed by atoms with Crippen molar-refractivity contribution in [3.8, 4) is 34.5 Å². The van der Waals surface area contributed by atoms with Crippen LogP contribution in [-0.2, 0) is 0 Å². The molecule has 5 aromatic carbocycles. The van der Waals surface area contributed by atoms with Crippen LogP contribution >= 0.6 is 0 Å². The SMILES string of the molecule is COc1cc(O)c2c(=O)cc(OC)c3c4c(OC)cc(O)c5c(=O)cc(OC)c(c1c23)c54. The molecule has 32 heavy (non-hydrogen) atoms. The summed E-state index contributed by atoms with van der Waals surface area (Å²) in [6.45, 7) is 0. The number of phenolic OH excluding ortho intramolecular Hbond substituents is 2. The lowest BCUT2D eigenvalue weighted by atomic mass is 9.87. The van der Waals surface area contributed by atoms with Crippen molar-refractivity contribution in [1.82, 2.24) is 0 Å². The van der Waals surface area contributed by atoms with Crippen LogP contribution in [0, 0.1) is 0 Å². The molecule has 0 bridgehead atoms. The molecule has 0 saturated heterocycles. The Kier molecular flexibility index (Phi) is 4.10. The number of ether oxygens (including phenoxy) is 4. The van der Waals surface area contributed by atoms with Gasteiger partial charge >= 0.3 is 0 Å². The maximum atomic E-state index is 13.0. The first kappa shape index (κ1) is 19.7. The van der Waals surface area contributed by atoms with Crippen molar-refractivity contribution in [1.29, 1.82) is 0 Å². The van der Waals surface area contributed by atoms with Crippen LogP contribution < -0.4 is 29.8 Å². The molecule has 5 aromatic rings. The normalized spacial score (nSPS) is 11.6. The van der Waals surface area contributed by atoms with Crippen LogP contribution in [0.15, 0.2) is 33.9 Å². The molecule has 0 spiro atoms. The first-order valence-corrected chi connectivity index (χ1v) is 9.61. The molecule has 162 valence electrons. The lowest BCUT2D eigenvalue weighted by Gasteiger charge is -2.21. The zero-order valence-electron chi connectivity index (χ0n) is 17.7. The van der Waals surface area contributed by atoms with Crippen molar-refractivity contribution in [2.24, 2.45) is 0 Å². The van der Waals surface area contributed by atoms with E-state index in [1.54, 1.807) is 0 Å². The molecule has 0 atom stereocenters. The van der Waals surface area contributed by atoms with E-state index < -0.39 is 10.9 Å². The Labute approximate surface area is 180 Å². The van der Waals surface area contributed by atoms with E-state index in [0.29, 0.717) is 32.3 Å². The van der Waals surface area contributed by atoms with Crippen LogP contribution in [0.5, 0.6) is 34.5 Å². The van der Waals surface area contributed by atoms with Gasteiger partial charge in [-0.1, -0.05) is 0 Å². The van der Waals surface area contributed by atoms with E-state index >= 15 is 0 Å². The number of phenols is 2. The molecule has 5 rings (SSSR count). The van der Waals surface area contributed by atoms with Crippen LogP contribution in [0.2, 0.25) is 0 Å². The number of rotatable bonds is 4. The van der Waals surface area contributed by atoms with Gasteiger partial charge in [0.2, 0.25) is 0 Å². The zero-order valence-corrected chi connectivity index (χ0v) is 17.7. The standard InChI is InChI=1S/C24H18O8/c1-29-13-5-9(25)17-10(26)7-15(31-3)21-22-16(32-4)8-12(28)18-11(27)6-14(30-2)20(24(18)22)19(13)23(17)21/h5-8,25,28H,1-4H3. The average Bonchev–Trinajstić information content (AvgIpc) is 2.78. The van der Waals surface area contributed by atoms with Crippen molar-refractivity contribution in [3.63, 3.8) is 0 Å². The summed E-state index contributed by atoms with van der Waals surface area (Å²) in [6.07, 6.45) is 0. The second-order valence-corrected chi connectivity index (χ2v) is 7.35. The Morgan fingerprint density at radius 1 is 0.469 bits per heavy atom. The Morgan fingerprint density at radius 3 is 1.03 bits per heavy atom. The Hall–Kier alpha value is -4.20. The third-order valence-corrected chi connectivity index (χ3v) is 5.93. The Bertz CT molecular complexity index is 1530. The summed E-state index contributed by atoms with van der Waals surface area (Å²) < 4.78 is 22.2. The number of hydrogen-bond acceptors (Lipinski definition) is 8. The van der Waals surface area contributed by atoms with Crippen LogP contribution in [0.4, 0.5) is 0 Å². The summed E-state index contributed by atoms with van der Waals surface area (Å²) in [5, 5.41) is 24.1. The summed E-state index contributed by atoms with van der Waals surface area (Å²) in [6, 6.07) is 5.23. The molecule has 0 radical (unpaired) electrons. The van der Waals surface area contributed by atoms with Crippen molar-refractivity contribution < 1.29 is 29.2 Å². The zero-order chi connectivity index (χ0) is 22.9. The fourth-order valence-electron chi connectivity index (χ4n) is 4.70. The quantitative estimate of drug-likeness (QED) is 0.327. The minimum absolute atomic E-state index is 0.0683. The second kappa shape index (κ2) is 6.65. The van der Waals surface area contributed by atoms with E-state index in [-0.39, 0.29) is 45.3 Å². The summed E-state index contributed by atoms with van der Waals surface area (Å²) in [5.41, 5.74) is -0.891. The van der Waals surface area contributed by atoms with Crippen LogP contribution in [-0.4, -0.2) is 38.7 Å². The molecule has 0 unspecified atom stereocenters. The maximum absolute atomic E-state index is 13.0. The van der Waals surface area contributed by atoms with Crippen molar-refractivity contribution in [2.45, 2.75) is 0 Å². The molecule has 8 nitrogen and oxygen atoms in total. The molecule has 2 N–H and O–H groups in total. The van der Waals surface area contributed by atoms with E-state index in [1.165, 1.54) is 52.7 Å². The summed E-state index contributed by atoms with van der Waals surface area (Å²) in [7, 11) is 5.70. The molecule has 0 amide bonds. The lowest BCUT2D eigenvalue weighted by molar-refractivity contribution is 0.410. The van der Waals surface area contributed by atoms with Gasteiger partial charge in [-0.25, -0.2) is 0 Å². The third kappa shape index (κ3) is 2.26. The van der Waals surface area contributed by atoms with Crippen LogP contribution in [0.3, 0.4) is 0 Å². The molecule has 0 aliphatic heterocycles. The summed E-state index contributed by atoms with van der Waals surface area (Å²) >= 11 is 0. The Morgan fingerprint density at radius 2 is 0.750 bits per heavy atom. The third-order valence-electron chi connectivity index (χ3n) is 5.93. The molecule has 0 aliphatic carbocycles. The van der Waals surface area contributed by atoms with Crippen LogP contribution in [0.25, 0.3) is 43.1 Å². The number of benzene rings is 5. The number of hydrogen-bond donors (Lipinski definition) is 2. The van der Waals surface area contributed by atoms with Gasteiger partial charge in [-0.3, -0.25) is 9.59 Å². The molecular weight excluding hydrogens is 416 g/mol. The fourth-order valence-corrected chi connectivity index (χ4v) is 4.70. The van der Waals surface area contributed by atoms with Gasteiger partial charge in [-0.2, -0.15) is 0 Å². The van der Waals surface area contributed by atoms with E-state index in [9.17, 15) is 19.8 Å². The number of methoxy groups -OCH3 is 4. The highest BCUT2D eigenvalue weighted by Crippen LogP contribution is 2.53. The van der Waals surface area contributed by atoms with E-state index in [1.807, 2.05) is 0 Å². The molecule has 0 heterocycles. The molecule has 0 saturated carbocycles. The monoisotopic (exact) mass is 434 g/mol. The van der Waals surface area contributed by atoms with Gasteiger partial charge in [0, 0.05) is 56.6 Å². The van der Waals surface area contributed by atoms with Gasteiger partial charge in [0.05, 0.1) is 39.2 Å². The lowest BCUT2D eigenvalue weighted by Crippen LogP contribution is -2.08. The van der Waals surface area contributed by atoms with Gasteiger partial charge in [0.1, 0.15) is 34.5 Å². The number of aromatic hydroxyl groups is 2. The van der Waals surface area contributed by atoms with Crippen molar-refractivity contribution in [3.05, 3.63) is 44.7 Å². The highest BCUT2D eigenvalue weighted by molar-refractivity contribution is 6.38. The maximum Gasteiger partial charge on any atom is 0.193 e. The van der Waals surface area contributed by atoms with E-state index in [4.69, 9.17) is 18.9 Å². The highest BCUT2D eigenvalue weighted by Gasteiger charge is 2.28. The van der Waals surface area contributed by atoms with E-state index in [0.717, 1.165) is 0 Å². The first-order chi connectivity index (χ1) is 15.4. The smallest absolute Gasteiger partial charge is 0.193 e. The number of fused-ring (bicyclic) bond motifs is 2.